The van der Waals surface area contributed by atoms with Crippen LogP contribution in [0.15, 0.2) is 24.0 Å². The maximum absolute atomic E-state index is 9.66. The summed E-state index contributed by atoms with van der Waals surface area (Å²) in [6.07, 6.45) is 10.4. The van der Waals surface area contributed by atoms with E-state index in [1.807, 2.05) is 12.2 Å². The van der Waals surface area contributed by atoms with Crippen LogP contribution in [0.4, 0.5) is 0 Å². The average Bonchev–Trinajstić information content (AvgIpc) is 2.07. The second-order valence-corrected chi connectivity index (χ2v) is 3.85. The smallest absolute Gasteiger partial charge is 0.0984 e. The predicted octanol–water partition coefficient (Wildman–Crippen LogP) is 3.58. The van der Waals surface area contributed by atoms with Crippen LogP contribution < -0.4 is 0 Å². The van der Waals surface area contributed by atoms with Crippen LogP contribution in [0.5, 0.6) is 0 Å². The van der Waals surface area contributed by atoms with Crippen molar-refractivity contribution in [3.05, 3.63) is 24.0 Å². The van der Waals surface area contributed by atoms with E-state index >= 15 is 0 Å². The van der Waals surface area contributed by atoms with Crippen LogP contribution in [0.2, 0.25) is 0 Å². The molecule has 0 aromatic carbocycles. The Morgan fingerprint density at radius 2 is 2.33 bits per heavy atom. The van der Waals surface area contributed by atoms with Gasteiger partial charge in [-0.15, -0.1) is 0 Å². The molecule has 0 radical (unpaired) electrons. The van der Waals surface area contributed by atoms with Gasteiger partial charge < -0.3 is 5.11 Å². The molecular weight excluding hydrogens is 148 g/mol. The summed E-state index contributed by atoms with van der Waals surface area (Å²) in [5.41, 5.74) is 0.0186. The fourth-order valence-corrected chi connectivity index (χ4v) is 1.59. The van der Waals surface area contributed by atoms with E-state index in [-0.39, 0.29) is 5.41 Å². The average molecular weight is 166 g/mol. The second kappa shape index (κ2) is 3.79. The highest BCUT2D eigenvalue weighted by Crippen LogP contribution is 2.37. The number of hydrogen-bond donors (Lipinski definition) is 1. The standard InChI is InChI=1S/C11H18O/c1-3-4-8-11(2)9-6-5-7-10(11)12/h5-7,12H,3-4,8-9H2,1-2H3. The molecule has 1 N–H and O–H groups in total. The third-order valence-corrected chi connectivity index (χ3v) is 2.66. The van der Waals surface area contributed by atoms with E-state index in [0.717, 1.165) is 12.8 Å². The normalized spacial score (nSPS) is 28.7. The largest absolute Gasteiger partial charge is 0.512 e. The van der Waals surface area contributed by atoms with Crippen molar-refractivity contribution in [3.8, 4) is 0 Å². The first-order valence-electron chi connectivity index (χ1n) is 4.75. The lowest BCUT2D eigenvalue weighted by Crippen LogP contribution is -2.20. The highest BCUT2D eigenvalue weighted by molar-refractivity contribution is 5.20. The Morgan fingerprint density at radius 1 is 1.58 bits per heavy atom. The van der Waals surface area contributed by atoms with E-state index in [1.165, 1.54) is 12.8 Å². The Kier molecular flexibility index (Phi) is 2.96. The van der Waals surface area contributed by atoms with Gasteiger partial charge in [-0.05, 0) is 18.9 Å². The maximum Gasteiger partial charge on any atom is 0.0984 e. The van der Waals surface area contributed by atoms with Crippen LogP contribution in [0.25, 0.3) is 0 Å². The van der Waals surface area contributed by atoms with Crippen LogP contribution in [-0.2, 0) is 0 Å². The van der Waals surface area contributed by atoms with Crippen molar-refractivity contribution in [1.82, 2.24) is 0 Å². The van der Waals surface area contributed by atoms with Gasteiger partial charge in [0.2, 0.25) is 0 Å². The van der Waals surface area contributed by atoms with Crippen LogP contribution >= 0.6 is 0 Å². The summed E-state index contributed by atoms with van der Waals surface area (Å²) in [7, 11) is 0. The monoisotopic (exact) mass is 166 g/mol. The number of allylic oxidation sites excluding steroid dienone is 4. The molecule has 1 unspecified atom stereocenters. The quantitative estimate of drug-likeness (QED) is 0.679. The molecule has 1 atom stereocenters. The van der Waals surface area contributed by atoms with Crippen LogP contribution in [-0.4, -0.2) is 5.11 Å². The topological polar surface area (TPSA) is 20.2 Å². The number of hydrogen-bond acceptors (Lipinski definition) is 1. The van der Waals surface area contributed by atoms with Crippen molar-refractivity contribution >= 4 is 0 Å². The molecule has 0 spiro atoms. The molecule has 1 aliphatic rings. The van der Waals surface area contributed by atoms with Gasteiger partial charge in [0.15, 0.2) is 0 Å². The van der Waals surface area contributed by atoms with Crippen molar-refractivity contribution in [2.75, 3.05) is 0 Å². The van der Waals surface area contributed by atoms with Gasteiger partial charge in [-0.25, -0.2) is 0 Å². The first-order valence-corrected chi connectivity index (χ1v) is 4.75. The molecule has 0 aromatic rings. The van der Waals surface area contributed by atoms with E-state index in [1.54, 1.807) is 0 Å². The highest BCUT2D eigenvalue weighted by Gasteiger charge is 2.28. The van der Waals surface area contributed by atoms with E-state index in [0.29, 0.717) is 5.76 Å². The first kappa shape index (κ1) is 9.37. The second-order valence-electron chi connectivity index (χ2n) is 3.85. The predicted molar refractivity (Wildman–Crippen MR) is 52.1 cm³/mol. The van der Waals surface area contributed by atoms with Crippen molar-refractivity contribution in [2.24, 2.45) is 5.41 Å². The van der Waals surface area contributed by atoms with Crippen molar-refractivity contribution in [1.29, 1.82) is 0 Å². The van der Waals surface area contributed by atoms with Gasteiger partial charge in [-0.3, -0.25) is 0 Å². The summed E-state index contributed by atoms with van der Waals surface area (Å²) >= 11 is 0. The van der Waals surface area contributed by atoms with Crippen LogP contribution in [0.1, 0.15) is 39.5 Å². The van der Waals surface area contributed by atoms with Gasteiger partial charge in [0, 0.05) is 5.41 Å². The molecule has 1 rings (SSSR count). The molecule has 0 saturated heterocycles. The molecule has 68 valence electrons. The van der Waals surface area contributed by atoms with Crippen molar-refractivity contribution in [2.45, 2.75) is 39.5 Å². The number of aliphatic hydroxyl groups is 1. The van der Waals surface area contributed by atoms with Crippen molar-refractivity contribution < 1.29 is 5.11 Å². The molecular formula is C11H18O. The highest BCUT2D eigenvalue weighted by atomic mass is 16.3. The fourth-order valence-electron chi connectivity index (χ4n) is 1.59. The molecule has 0 bridgehead atoms. The zero-order valence-electron chi connectivity index (χ0n) is 8.01. The Morgan fingerprint density at radius 3 is 2.92 bits per heavy atom. The van der Waals surface area contributed by atoms with E-state index in [2.05, 4.69) is 19.9 Å². The lowest BCUT2D eigenvalue weighted by Gasteiger charge is -2.29. The Labute approximate surface area is 74.8 Å². The molecule has 0 aromatic heterocycles. The number of aliphatic hydroxyl groups excluding tert-OH is 1. The van der Waals surface area contributed by atoms with Gasteiger partial charge in [-0.2, -0.15) is 0 Å². The zero-order valence-corrected chi connectivity index (χ0v) is 8.01. The van der Waals surface area contributed by atoms with E-state index in [4.69, 9.17) is 0 Å². The third kappa shape index (κ3) is 1.90. The lowest BCUT2D eigenvalue weighted by molar-refractivity contribution is 0.218. The fraction of sp³-hybridized carbons (Fsp3) is 0.636. The van der Waals surface area contributed by atoms with Gasteiger partial charge in [0.05, 0.1) is 5.76 Å². The minimum Gasteiger partial charge on any atom is -0.512 e. The summed E-state index contributed by atoms with van der Waals surface area (Å²) in [6.45, 7) is 4.32. The van der Waals surface area contributed by atoms with Crippen LogP contribution in [0.3, 0.4) is 0 Å². The Hall–Kier alpha value is -0.720. The SMILES string of the molecule is CCCCC1(C)CC=CC=C1O. The molecule has 0 fully saturated rings. The number of rotatable bonds is 3. The Bertz CT molecular complexity index is 203. The lowest BCUT2D eigenvalue weighted by atomic mass is 9.78. The Balaban J connectivity index is 2.58. The van der Waals surface area contributed by atoms with Crippen molar-refractivity contribution in [3.63, 3.8) is 0 Å². The molecule has 1 aliphatic carbocycles. The minimum atomic E-state index is 0.0186. The third-order valence-electron chi connectivity index (χ3n) is 2.66. The van der Waals surface area contributed by atoms with E-state index in [9.17, 15) is 5.11 Å². The molecule has 0 aliphatic heterocycles. The molecule has 1 heteroatoms. The van der Waals surface area contributed by atoms with Gasteiger partial charge >= 0.3 is 0 Å². The molecule has 0 heterocycles. The minimum absolute atomic E-state index is 0.0186. The van der Waals surface area contributed by atoms with Gasteiger partial charge in [-0.1, -0.05) is 38.8 Å². The summed E-state index contributed by atoms with van der Waals surface area (Å²) in [6, 6.07) is 0. The maximum atomic E-state index is 9.66. The molecule has 12 heavy (non-hydrogen) atoms. The van der Waals surface area contributed by atoms with Crippen LogP contribution in [0, 0.1) is 5.41 Å². The summed E-state index contributed by atoms with van der Waals surface area (Å²) in [5.74, 6) is 0.554. The first-order chi connectivity index (χ1) is 5.69. The summed E-state index contributed by atoms with van der Waals surface area (Å²) in [4.78, 5) is 0. The number of unbranched alkanes of at least 4 members (excludes halogenated alkanes) is 1. The molecule has 1 nitrogen and oxygen atoms in total. The van der Waals surface area contributed by atoms with Gasteiger partial charge in [0.1, 0.15) is 0 Å². The summed E-state index contributed by atoms with van der Waals surface area (Å²) < 4.78 is 0. The summed E-state index contributed by atoms with van der Waals surface area (Å²) in [5, 5.41) is 9.66. The zero-order chi connectivity index (χ0) is 9.03. The van der Waals surface area contributed by atoms with Gasteiger partial charge in [0.25, 0.3) is 0 Å². The molecule has 0 amide bonds. The molecule has 0 saturated carbocycles. The van der Waals surface area contributed by atoms with E-state index < -0.39 is 0 Å².